The van der Waals surface area contributed by atoms with Crippen LogP contribution in [0.2, 0.25) is 0 Å². The number of methoxy groups -OCH3 is 1. The summed E-state index contributed by atoms with van der Waals surface area (Å²) in [5, 5.41) is 3.77. The molecule has 0 aliphatic carbocycles. The van der Waals surface area contributed by atoms with Gasteiger partial charge in [-0.05, 0) is 54.0 Å². The van der Waals surface area contributed by atoms with E-state index in [4.69, 9.17) is 9.15 Å². The maximum Gasteiger partial charge on any atom is 0.337 e. The standard InChI is InChI=1S/C27H34N2O4S/c1-17(2)20-10-9-11-21(18(3)4)25(20)29-24(30)12-7-6-8-15-34-27-28-22-14-13-19(26(31)32-5)16-23(22)33-27/h9-11,13-14,16-18H,6-8,12,15H2,1-5H3,(H,29,30). The number of thioether (sulfide) groups is 1. The monoisotopic (exact) mass is 482 g/mol. The Bertz CT molecular complexity index is 1110. The molecule has 1 aromatic heterocycles. The number of unbranched alkanes of at least 4 members (excludes halogenated alkanes) is 2. The predicted molar refractivity (Wildman–Crippen MR) is 138 cm³/mol. The number of fused-ring (bicyclic) bond motifs is 1. The maximum absolute atomic E-state index is 12.6. The number of ether oxygens (including phenoxy) is 1. The Morgan fingerprint density at radius 1 is 1.03 bits per heavy atom. The third-order valence-electron chi connectivity index (χ3n) is 5.70. The van der Waals surface area contributed by atoms with Gasteiger partial charge in [0.1, 0.15) is 5.52 Å². The zero-order chi connectivity index (χ0) is 24.7. The highest BCUT2D eigenvalue weighted by Crippen LogP contribution is 2.32. The molecule has 0 unspecified atom stereocenters. The van der Waals surface area contributed by atoms with Crippen molar-refractivity contribution in [3.63, 3.8) is 0 Å². The van der Waals surface area contributed by atoms with Gasteiger partial charge in [0.2, 0.25) is 5.91 Å². The Hall–Kier alpha value is -2.80. The van der Waals surface area contributed by atoms with Gasteiger partial charge in [-0.25, -0.2) is 9.78 Å². The van der Waals surface area contributed by atoms with E-state index < -0.39 is 5.97 Å². The molecule has 6 nitrogen and oxygen atoms in total. The van der Waals surface area contributed by atoms with Crippen LogP contribution in [-0.2, 0) is 9.53 Å². The summed E-state index contributed by atoms with van der Waals surface area (Å²) < 4.78 is 10.5. The number of nitrogens with zero attached hydrogens (tertiary/aromatic N) is 1. The first-order chi connectivity index (χ1) is 16.3. The van der Waals surface area contributed by atoms with Crippen molar-refractivity contribution in [3.8, 4) is 0 Å². The highest BCUT2D eigenvalue weighted by Gasteiger charge is 2.16. The Morgan fingerprint density at radius 3 is 2.38 bits per heavy atom. The fourth-order valence-electron chi connectivity index (χ4n) is 3.83. The summed E-state index contributed by atoms with van der Waals surface area (Å²) in [5.41, 5.74) is 5.09. The minimum absolute atomic E-state index is 0.0722. The van der Waals surface area contributed by atoms with Crippen LogP contribution in [-0.4, -0.2) is 29.7 Å². The average molecular weight is 483 g/mol. The molecule has 0 spiro atoms. The van der Waals surface area contributed by atoms with Crippen LogP contribution in [0, 0.1) is 0 Å². The van der Waals surface area contributed by atoms with Gasteiger partial charge in [0.05, 0.1) is 12.7 Å². The normalized spacial score (nSPS) is 11.4. The van der Waals surface area contributed by atoms with Gasteiger partial charge in [-0.3, -0.25) is 4.79 Å². The number of carbonyl (C=O) groups is 2. The number of anilines is 1. The van der Waals surface area contributed by atoms with Gasteiger partial charge in [0.25, 0.3) is 5.22 Å². The molecule has 3 aromatic rings. The number of rotatable bonds is 11. The molecule has 0 aliphatic rings. The molecule has 182 valence electrons. The molecule has 0 saturated heterocycles. The highest BCUT2D eigenvalue weighted by atomic mass is 32.2. The Kier molecular flexibility index (Phi) is 9.16. The zero-order valence-electron chi connectivity index (χ0n) is 20.6. The summed E-state index contributed by atoms with van der Waals surface area (Å²) in [6, 6.07) is 11.4. The number of nitrogens with one attached hydrogen (secondary N) is 1. The quantitative estimate of drug-likeness (QED) is 0.177. The fraction of sp³-hybridized carbons (Fsp3) is 0.444. The van der Waals surface area contributed by atoms with E-state index in [1.807, 2.05) is 0 Å². The lowest BCUT2D eigenvalue weighted by Gasteiger charge is -2.20. The van der Waals surface area contributed by atoms with Gasteiger partial charge >= 0.3 is 5.97 Å². The van der Waals surface area contributed by atoms with Crippen molar-refractivity contribution < 1.29 is 18.7 Å². The number of esters is 1. The van der Waals surface area contributed by atoms with E-state index in [9.17, 15) is 9.59 Å². The maximum atomic E-state index is 12.6. The molecule has 0 aliphatic heterocycles. The lowest BCUT2D eigenvalue weighted by molar-refractivity contribution is -0.116. The van der Waals surface area contributed by atoms with E-state index in [-0.39, 0.29) is 5.91 Å². The first-order valence-electron chi connectivity index (χ1n) is 11.8. The minimum Gasteiger partial charge on any atom is -0.465 e. The Labute approximate surface area is 205 Å². The summed E-state index contributed by atoms with van der Waals surface area (Å²) >= 11 is 1.54. The van der Waals surface area contributed by atoms with Crippen LogP contribution in [0.5, 0.6) is 0 Å². The Morgan fingerprint density at radius 2 is 1.74 bits per heavy atom. The molecule has 0 bridgehead atoms. The second-order valence-electron chi connectivity index (χ2n) is 8.98. The van der Waals surface area contributed by atoms with Crippen molar-refractivity contribution in [1.29, 1.82) is 0 Å². The van der Waals surface area contributed by atoms with E-state index in [1.165, 1.54) is 18.2 Å². The van der Waals surface area contributed by atoms with Gasteiger partial charge in [0, 0.05) is 17.9 Å². The molecule has 0 radical (unpaired) electrons. The van der Waals surface area contributed by atoms with Gasteiger partial charge < -0.3 is 14.5 Å². The molecular formula is C27H34N2O4S. The van der Waals surface area contributed by atoms with Crippen LogP contribution < -0.4 is 5.32 Å². The molecule has 1 amide bonds. The molecular weight excluding hydrogens is 448 g/mol. The number of hydrogen-bond donors (Lipinski definition) is 1. The lowest BCUT2D eigenvalue weighted by Crippen LogP contribution is -2.15. The molecule has 34 heavy (non-hydrogen) atoms. The molecule has 0 saturated carbocycles. The van der Waals surface area contributed by atoms with E-state index in [1.54, 1.807) is 30.0 Å². The SMILES string of the molecule is COC(=O)c1ccc2nc(SCCCCCC(=O)Nc3c(C(C)C)cccc3C(C)C)oc2c1. The minimum atomic E-state index is -0.398. The second kappa shape index (κ2) is 12.1. The molecule has 2 aromatic carbocycles. The van der Waals surface area contributed by atoms with Crippen LogP contribution in [0.4, 0.5) is 5.69 Å². The number of para-hydroxylation sites is 1. The van der Waals surface area contributed by atoms with Gasteiger partial charge in [-0.2, -0.15) is 0 Å². The number of amides is 1. The number of oxazole rings is 1. The first-order valence-corrected chi connectivity index (χ1v) is 12.8. The van der Waals surface area contributed by atoms with Crippen LogP contribution in [0.25, 0.3) is 11.1 Å². The predicted octanol–water partition coefficient (Wildman–Crippen LogP) is 7.15. The summed E-state index contributed by atoms with van der Waals surface area (Å²) in [6.07, 6.45) is 3.26. The van der Waals surface area contributed by atoms with Crippen LogP contribution >= 0.6 is 11.8 Å². The molecule has 0 atom stereocenters. The number of carbonyl (C=O) groups excluding carboxylic acids is 2. The summed E-state index contributed by atoms with van der Waals surface area (Å²) in [5.74, 6) is 1.23. The first kappa shape index (κ1) is 25.8. The van der Waals surface area contributed by atoms with E-state index in [2.05, 4.69) is 56.2 Å². The van der Waals surface area contributed by atoms with Crippen LogP contribution in [0.3, 0.4) is 0 Å². The average Bonchev–Trinajstić information content (AvgIpc) is 3.22. The number of aromatic nitrogens is 1. The Balaban J connectivity index is 1.44. The second-order valence-corrected chi connectivity index (χ2v) is 10.0. The lowest BCUT2D eigenvalue weighted by atomic mass is 9.92. The van der Waals surface area contributed by atoms with Gasteiger partial charge in [0.15, 0.2) is 5.58 Å². The van der Waals surface area contributed by atoms with E-state index >= 15 is 0 Å². The summed E-state index contributed by atoms with van der Waals surface area (Å²) in [4.78, 5) is 28.8. The third-order valence-corrected chi connectivity index (χ3v) is 6.62. The molecule has 3 rings (SSSR count). The molecule has 0 fully saturated rings. The third kappa shape index (κ3) is 6.63. The summed E-state index contributed by atoms with van der Waals surface area (Å²) in [6.45, 7) is 8.62. The van der Waals surface area contributed by atoms with Crippen molar-refractivity contribution in [3.05, 3.63) is 53.1 Å². The molecule has 1 N–H and O–H groups in total. The van der Waals surface area contributed by atoms with Crippen LogP contribution in [0.1, 0.15) is 86.7 Å². The largest absolute Gasteiger partial charge is 0.465 e. The number of hydrogen-bond acceptors (Lipinski definition) is 6. The fourth-order valence-corrected chi connectivity index (χ4v) is 4.67. The number of benzene rings is 2. The topological polar surface area (TPSA) is 81.4 Å². The van der Waals surface area contributed by atoms with Crippen molar-refractivity contribution >= 4 is 40.4 Å². The van der Waals surface area contributed by atoms with Crippen molar-refractivity contribution in [2.24, 2.45) is 0 Å². The summed E-state index contributed by atoms with van der Waals surface area (Å²) in [7, 11) is 1.35. The van der Waals surface area contributed by atoms with E-state index in [0.717, 1.165) is 30.7 Å². The molecule has 7 heteroatoms. The van der Waals surface area contributed by atoms with E-state index in [0.29, 0.717) is 40.1 Å². The smallest absolute Gasteiger partial charge is 0.337 e. The highest BCUT2D eigenvalue weighted by molar-refractivity contribution is 7.99. The van der Waals surface area contributed by atoms with Crippen molar-refractivity contribution in [1.82, 2.24) is 4.98 Å². The van der Waals surface area contributed by atoms with Gasteiger partial charge in [-0.1, -0.05) is 64.1 Å². The van der Waals surface area contributed by atoms with Crippen molar-refractivity contribution in [2.75, 3.05) is 18.2 Å². The molecule has 1 heterocycles. The van der Waals surface area contributed by atoms with Crippen molar-refractivity contribution in [2.45, 2.75) is 70.4 Å². The zero-order valence-corrected chi connectivity index (χ0v) is 21.5. The van der Waals surface area contributed by atoms with Crippen LogP contribution in [0.15, 0.2) is 46.0 Å². The van der Waals surface area contributed by atoms with Gasteiger partial charge in [-0.15, -0.1) is 0 Å².